The molecule has 208 valence electrons. The SMILES string of the molecule is CCOC(=O)c1c(N2C(N)=C(C#N)C(c3ccc([N+](=O)[O-])cc3)C3=C2CC(C)(C)CC3=O)sc2c1CCCCC2. The molecule has 1 aromatic heterocycles. The van der Waals surface area contributed by atoms with Crippen LogP contribution < -0.4 is 10.6 Å². The number of nitro groups is 1. The van der Waals surface area contributed by atoms with Gasteiger partial charge in [-0.15, -0.1) is 11.3 Å². The molecule has 2 aromatic rings. The van der Waals surface area contributed by atoms with Crippen LogP contribution in [-0.2, 0) is 22.4 Å². The van der Waals surface area contributed by atoms with Crippen LogP contribution in [0.3, 0.4) is 0 Å². The number of thiophene rings is 1. The smallest absolute Gasteiger partial charge is 0.341 e. The van der Waals surface area contributed by atoms with E-state index in [2.05, 4.69) is 6.07 Å². The fourth-order valence-electron chi connectivity index (χ4n) is 6.16. The summed E-state index contributed by atoms with van der Waals surface area (Å²) in [5, 5.41) is 22.3. The van der Waals surface area contributed by atoms with Gasteiger partial charge in [0, 0.05) is 34.7 Å². The van der Waals surface area contributed by atoms with Gasteiger partial charge in [-0.3, -0.25) is 19.8 Å². The van der Waals surface area contributed by atoms with Crippen molar-refractivity contribution in [3.8, 4) is 6.07 Å². The zero-order valence-electron chi connectivity index (χ0n) is 22.9. The second kappa shape index (κ2) is 10.5. The lowest BCUT2D eigenvalue weighted by molar-refractivity contribution is -0.384. The van der Waals surface area contributed by atoms with Gasteiger partial charge in [0.15, 0.2) is 5.78 Å². The Labute approximate surface area is 237 Å². The normalized spacial score (nSPS) is 20.4. The number of hydrogen-bond donors (Lipinski definition) is 1. The van der Waals surface area contributed by atoms with Crippen LogP contribution >= 0.6 is 11.3 Å². The van der Waals surface area contributed by atoms with Crippen molar-refractivity contribution in [3.63, 3.8) is 0 Å². The summed E-state index contributed by atoms with van der Waals surface area (Å²) in [4.78, 5) is 40.9. The second-order valence-electron chi connectivity index (χ2n) is 11.3. The zero-order chi connectivity index (χ0) is 28.8. The van der Waals surface area contributed by atoms with Crippen LogP contribution in [0.15, 0.2) is 46.9 Å². The largest absolute Gasteiger partial charge is 0.462 e. The number of nitrogens with two attached hydrogens (primary N) is 1. The van der Waals surface area contributed by atoms with Gasteiger partial charge in [0.25, 0.3) is 5.69 Å². The number of rotatable bonds is 5. The van der Waals surface area contributed by atoms with Gasteiger partial charge in [0.05, 0.1) is 34.7 Å². The molecule has 1 unspecified atom stereocenters. The highest BCUT2D eigenvalue weighted by Gasteiger charge is 2.46. The topological polar surface area (TPSA) is 140 Å². The van der Waals surface area contributed by atoms with Gasteiger partial charge in [-0.1, -0.05) is 32.4 Å². The lowest BCUT2D eigenvalue weighted by atomic mass is 9.68. The molecule has 10 heteroatoms. The molecule has 0 bridgehead atoms. The number of benzene rings is 1. The number of hydrogen-bond acceptors (Lipinski definition) is 9. The average molecular weight is 561 g/mol. The molecule has 0 amide bonds. The number of ether oxygens (including phenoxy) is 1. The number of Topliss-reactive ketones (excluding diaryl/α,β-unsaturated/α-hetero) is 1. The van der Waals surface area contributed by atoms with Crippen molar-refractivity contribution >= 4 is 33.8 Å². The molecule has 1 atom stereocenters. The van der Waals surface area contributed by atoms with Crippen LogP contribution in [0.4, 0.5) is 10.7 Å². The highest BCUT2D eigenvalue weighted by atomic mass is 32.1. The van der Waals surface area contributed by atoms with Gasteiger partial charge < -0.3 is 10.5 Å². The van der Waals surface area contributed by atoms with E-state index in [-0.39, 0.29) is 41.3 Å². The van der Waals surface area contributed by atoms with E-state index in [1.807, 2.05) is 13.8 Å². The Hall–Kier alpha value is -3.97. The van der Waals surface area contributed by atoms with E-state index in [1.165, 1.54) is 23.5 Å². The maximum absolute atomic E-state index is 13.9. The predicted octanol–water partition coefficient (Wildman–Crippen LogP) is 6.04. The molecule has 0 spiro atoms. The molecule has 1 aromatic carbocycles. The van der Waals surface area contributed by atoms with Crippen molar-refractivity contribution in [2.75, 3.05) is 11.5 Å². The number of ketones is 1. The Morgan fingerprint density at radius 2 is 1.93 bits per heavy atom. The van der Waals surface area contributed by atoms with Crippen molar-refractivity contribution in [2.45, 2.75) is 71.6 Å². The zero-order valence-corrected chi connectivity index (χ0v) is 23.7. The standard InChI is InChI=1S/C30H32N4O5S/c1-4-39-29(36)25-19-8-6-5-7-9-23(19)40-28(25)33-21-14-30(2,3)15-22(35)26(21)24(20(16-31)27(33)32)17-10-12-18(13-11-17)34(37)38/h10-13,24H,4-9,14-15,32H2,1-3H3. The van der Waals surface area contributed by atoms with Crippen LogP contribution in [0.5, 0.6) is 0 Å². The van der Waals surface area contributed by atoms with Gasteiger partial charge >= 0.3 is 5.97 Å². The van der Waals surface area contributed by atoms with Gasteiger partial charge in [0.1, 0.15) is 10.8 Å². The first-order chi connectivity index (χ1) is 19.1. The maximum atomic E-state index is 13.9. The Balaban J connectivity index is 1.77. The van der Waals surface area contributed by atoms with Crippen molar-refractivity contribution < 1.29 is 19.2 Å². The molecule has 5 rings (SSSR count). The third-order valence-corrected chi connectivity index (χ3v) is 9.18. The summed E-state index contributed by atoms with van der Waals surface area (Å²) >= 11 is 1.49. The lowest BCUT2D eigenvalue weighted by Gasteiger charge is -2.43. The quantitative estimate of drug-likeness (QED) is 0.202. The lowest BCUT2D eigenvalue weighted by Crippen LogP contribution is -2.42. The summed E-state index contributed by atoms with van der Waals surface area (Å²) in [6, 6.07) is 8.15. The summed E-state index contributed by atoms with van der Waals surface area (Å²) in [6.07, 6.45) is 5.45. The fourth-order valence-corrected chi connectivity index (χ4v) is 7.58. The molecule has 0 saturated carbocycles. The summed E-state index contributed by atoms with van der Waals surface area (Å²) < 4.78 is 5.51. The molecule has 0 fully saturated rings. The molecule has 3 aliphatic rings. The number of carbonyl (C=O) groups is 2. The van der Waals surface area contributed by atoms with Crippen molar-refractivity contribution in [2.24, 2.45) is 11.1 Å². The van der Waals surface area contributed by atoms with E-state index in [9.17, 15) is 25.0 Å². The molecular weight excluding hydrogens is 528 g/mol. The Kier molecular flexibility index (Phi) is 7.27. The predicted molar refractivity (Wildman–Crippen MR) is 152 cm³/mol. The fraction of sp³-hybridized carbons (Fsp3) is 0.433. The molecule has 40 heavy (non-hydrogen) atoms. The Morgan fingerprint density at radius 1 is 1.23 bits per heavy atom. The van der Waals surface area contributed by atoms with E-state index in [0.29, 0.717) is 33.8 Å². The average Bonchev–Trinajstić information content (AvgIpc) is 3.09. The molecular formula is C30H32N4O5S. The van der Waals surface area contributed by atoms with Gasteiger partial charge in [-0.2, -0.15) is 5.26 Å². The summed E-state index contributed by atoms with van der Waals surface area (Å²) in [7, 11) is 0. The first-order valence-electron chi connectivity index (χ1n) is 13.6. The minimum atomic E-state index is -0.760. The van der Waals surface area contributed by atoms with Gasteiger partial charge in [-0.05, 0) is 55.6 Å². The van der Waals surface area contributed by atoms with Crippen LogP contribution in [0, 0.1) is 26.9 Å². The van der Waals surface area contributed by atoms with Crippen LogP contribution in [0.2, 0.25) is 0 Å². The molecule has 2 heterocycles. The van der Waals surface area contributed by atoms with E-state index >= 15 is 0 Å². The maximum Gasteiger partial charge on any atom is 0.341 e. The number of esters is 1. The van der Waals surface area contributed by atoms with E-state index in [4.69, 9.17) is 10.5 Å². The van der Waals surface area contributed by atoms with Crippen LogP contribution in [0.25, 0.3) is 0 Å². The van der Waals surface area contributed by atoms with E-state index in [0.717, 1.165) is 42.5 Å². The number of aryl methyl sites for hydroxylation is 1. The number of nitro benzene ring substituents is 1. The molecule has 2 N–H and O–H groups in total. The number of nitrogens with zero attached hydrogens (tertiary/aromatic N) is 3. The number of allylic oxidation sites excluding steroid dienone is 3. The first-order valence-corrected chi connectivity index (χ1v) is 14.4. The molecule has 2 aliphatic carbocycles. The third-order valence-electron chi connectivity index (χ3n) is 7.90. The Bertz CT molecular complexity index is 1510. The van der Waals surface area contributed by atoms with Crippen molar-refractivity contribution in [1.29, 1.82) is 5.26 Å². The summed E-state index contributed by atoms with van der Waals surface area (Å²) in [5.74, 6) is -1.12. The van der Waals surface area contributed by atoms with Crippen LogP contribution in [-0.4, -0.2) is 23.3 Å². The highest BCUT2D eigenvalue weighted by Crippen LogP contribution is 2.53. The van der Waals surface area contributed by atoms with Gasteiger partial charge in [-0.25, -0.2) is 4.79 Å². The van der Waals surface area contributed by atoms with E-state index in [1.54, 1.807) is 24.0 Å². The van der Waals surface area contributed by atoms with Crippen LogP contribution in [0.1, 0.15) is 85.2 Å². The minimum Gasteiger partial charge on any atom is -0.462 e. The Morgan fingerprint density at radius 3 is 2.58 bits per heavy atom. The second-order valence-corrected chi connectivity index (χ2v) is 12.4. The number of anilines is 1. The minimum absolute atomic E-state index is 0.0823. The number of nitriles is 1. The molecule has 1 aliphatic heterocycles. The summed E-state index contributed by atoms with van der Waals surface area (Å²) in [5.41, 5.74) is 9.70. The monoisotopic (exact) mass is 560 g/mol. The molecule has 9 nitrogen and oxygen atoms in total. The van der Waals surface area contributed by atoms with Gasteiger partial charge in [0.2, 0.25) is 0 Å². The highest BCUT2D eigenvalue weighted by molar-refractivity contribution is 7.16. The molecule has 0 radical (unpaired) electrons. The molecule has 0 saturated heterocycles. The first kappa shape index (κ1) is 27.6. The number of non-ortho nitro benzene ring substituents is 1. The third kappa shape index (κ3) is 4.68. The van der Waals surface area contributed by atoms with E-state index < -0.39 is 16.8 Å². The number of fused-ring (bicyclic) bond motifs is 1. The number of carbonyl (C=O) groups excluding carboxylic acids is 2. The van der Waals surface area contributed by atoms with Crippen molar-refractivity contribution in [1.82, 2.24) is 0 Å². The van der Waals surface area contributed by atoms with Crippen molar-refractivity contribution in [3.05, 3.63) is 78.6 Å². The summed E-state index contributed by atoms with van der Waals surface area (Å²) in [6.45, 7) is 6.02.